The van der Waals surface area contributed by atoms with Gasteiger partial charge < -0.3 is 20.1 Å². The van der Waals surface area contributed by atoms with E-state index in [1.165, 1.54) is 7.11 Å². The molecular formula is C11H18N4O3. The average molecular weight is 254 g/mol. The van der Waals surface area contributed by atoms with Crippen molar-refractivity contribution in [2.45, 2.75) is 19.6 Å². The van der Waals surface area contributed by atoms with Crippen LogP contribution in [0.25, 0.3) is 0 Å². The first kappa shape index (κ1) is 14.2. The summed E-state index contributed by atoms with van der Waals surface area (Å²) >= 11 is 0. The van der Waals surface area contributed by atoms with Crippen LogP contribution in [-0.2, 0) is 20.9 Å². The first-order valence-corrected chi connectivity index (χ1v) is 5.49. The third kappa shape index (κ3) is 3.85. The van der Waals surface area contributed by atoms with Crippen LogP contribution in [-0.4, -0.2) is 43.2 Å². The molecule has 0 aliphatic rings. The van der Waals surface area contributed by atoms with Gasteiger partial charge in [-0.05, 0) is 6.92 Å². The van der Waals surface area contributed by atoms with Gasteiger partial charge in [-0.2, -0.15) is 0 Å². The van der Waals surface area contributed by atoms with Crippen molar-refractivity contribution in [2.75, 3.05) is 31.9 Å². The van der Waals surface area contributed by atoms with Crippen molar-refractivity contribution < 1.29 is 14.3 Å². The van der Waals surface area contributed by atoms with Crippen molar-refractivity contribution in [3.05, 3.63) is 11.9 Å². The molecule has 1 rings (SSSR count). The van der Waals surface area contributed by atoms with E-state index in [1.54, 1.807) is 27.1 Å². The second-order valence-corrected chi connectivity index (χ2v) is 3.63. The Hall–Kier alpha value is -1.89. The fourth-order valence-corrected chi connectivity index (χ4v) is 1.35. The number of nitrogens with zero attached hydrogens (tertiary/aromatic N) is 2. The van der Waals surface area contributed by atoms with Crippen LogP contribution in [0.15, 0.2) is 6.07 Å². The minimum absolute atomic E-state index is 0.302. The Kier molecular flexibility index (Phi) is 5.31. The van der Waals surface area contributed by atoms with E-state index in [2.05, 4.69) is 25.3 Å². The van der Waals surface area contributed by atoms with Crippen LogP contribution in [0, 0.1) is 0 Å². The maximum atomic E-state index is 11.3. The lowest BCUT2D eigenvalue weighted by Crippen LogP contribution is -2.27. The van der Waals surface area contributed by atoms with E-state index >= 15 is 0 Å². The lowest BCUT2D eigenvalue weighted by atomic mass is 10.3. The molecule has 1 aromatic heterocycles. The molecule has 0 fully saturated rings. The summed E-state index contributed by atoms with van der Waals surface area (Å²) in [5.41, 5.74) is 0. The second-order valence-electron chi connectivity index (χ2n) is 3.63. The van der Waals surface area contributed by atoms with Crippen molar-refractivity contribution in [1.29, 1.82) is 0 Å². The Morgan fingerprint density at radius 3 is 2.61 bits per heavy atom. The Balaban J connectivity index is 2.86. The molecule has 0 aliphatic carbocycles. The number of hydrogen-bond acceptors (Lipinski definition) is 7. The van der Waals surface area contributed by atoms with Crippen molar-refractivity contribution in [2.24, 2.45) is 0 Å². The normalized spacial score (nSPS) is 11.8. The number of carbonyl (C=O) groups is 1. The number of esters is 1. The molecular weight excluding hydrogens is 236 g/mol. The molecule has 1 aromatic rings. The highest BCUT2D eigenvalue weighted by Crippen LogP contribution is 2.12. The zero-order valence-electron chi connectivity index (χ0n) is 11.0. The standard InChI is InChI=1S/C11H18N4O3/c1-7(11(16)18-4)13-9-5-8(12-2)14-10(15-9)6-17-3/h5,7H,6H2,1-4H3,(H2,12,13,14,15). The summed E-state index contributed by atoms with van der Waals surface area (Å²) in [5, 5.41) is 5.86. The van der Waals surface area contributed by atoms with Crippen molar-refractivity contribution in [3.8, 4) is 0 Å². The van der Waals surface area contributed by atoms with Gasteiger partial charge in [-0.3, -0.25) is 0 Å². The summed E-state index contributed by atoms with van der Waals surface area (Å²) < 4.78 is 9.62. The largest absolute Gasteiger partial charge is 0.467 e. The molecule has 2 N–H and O–H groups in total. The van der Waals surface area contributed by atoms with Crippen LogP contribution in [0.1, 0.15) is 12.7 Å². The molecule has 1 unspecified atom stereocenters. The number of hydrogen-bond donors (Lipinski definition) is 2. The first-order valence-electron chi connectivity index (χ1n) is 5.49. The van der Waals surface area contributed by atoms with Gasteiger partial charge in [-0.15, -0.1) is 0 Å². The monoisotopic (exact) mass is 254 g/mol. The van der Waals surface area contributed by atoms with Gasteiger partial charge in [0, 0.05) is 20.2 Å². The number of rotatable bonds is 6. The summed E-state index contributed by atoms with van der Waals surface area (Å²) in [6.07, 6.45) is 0. The van der Waals surface area contributed by atoms with E-state index < -0.39 is 6.04 Å². The molecule has 0 spiro atoms. The van der Waals surface area contributed by atoms with Gasteiger partial charge in [-0.25, -0.2) is 14.8 Å². The predicted molar refractivity (Wildman–Crippen MR) is 67.4 cm³/mol. The molecule has 0 saturated heterocycles. The van der Waals surface area contributed by atoms with Crippen molar-refractivity contribution in [1.82, 2.24) is 9.97 Å². The fourth-order valence-electron chi connectivity index (χ4n) is 1.35. The zero-order valence-corrected chi connectivity index (χ0v) is 11.0. The van der Waals surface area contributed by atoms with Gasteiger partial charge in [0.1, 0.15) is 24.3 Å². The van der Waals surface area contributed by atoms with E-state index in [9.17, 15) is 4.79 Å². The molecule has 0 bridgehead atoms. The molecule has 0 aromatic carbocycles. The molecule has 7 heteroatoms. The summed E-state index contributed by atoms with van der Waals surface area (Å²) in [6, 6.07) is 1.23. The molecule has 0 saturated carbocycles. The molecule has 0 aliphatic heterocycles. The minimum Gasteiger partial charge on any atom is -0.467 e. The van der Waals surface area contributed by atoms with E-state index in [4.69, 9.17) is 4.74 Å². The number of carbonyl (C=O) groups excluding carboxylic acids is 1. The SMILES string of the molecule is CNc1cc(NC(C)C(=O)OC)nc(COC)n1. The van der Waals surface area contributed by atoms with Gasteiger partial charge >= 0.3 is 5.97 Å². The first-order chi connectivity index (χ1) is 8.60. The number of ether oxygens (including phenoxy) is 2. The molecule has 1 heterocycles. The lowest BCUT2D eigenvalue weighted by Gasteiger charge is -2.13. The molecule has 100 valence electrons. The van der Waals surface area contributed by atoms with Gasteiger partial charge in [0.15, 0.2) is 5.82 Å². The van der Waals surface area contributed by atoms with E-state index in [0.717, 1.165) is 0 Å². The van der Waals surface area contributed by atoms with Gasteiger partial charge in [0.2, 0.25) is 0 Å². The highest BCUT2D eigenvalue weighted by molar-refractivity contribution is 5.78. The predicted octanol–water partition coefficient (Wildman–Crippen LogP) is 0.638. The van der Waals surface area contributed by atoms with Crippen molar-refractivity contribution in [3.63, 3.8) is 0 Å². The fraction of sp³-hybridized carbons (Fsp3) is 0.545. The summed E-state index contributed by atoms with van der Waals surface area (Å²) in [7, 11) is 4.67. The number of nitrogens with one attached hydrogen (secondary N) is 2. The van der Waals surface area contributed by atoms with E-state index in [0.29, 0.717) is 24.1 Å². The Morgan fingerprint density at radius 1 is 1.39 bits per heavy atom. The molecule has 0 radical (unpaired) electrons. The van der Waals surface area contributed by atoms with E-state index in [1.807, 2.05) is 0 Å². The maximum Gasteiger partial charge on any atom is 0.328 e. The Morgan fingerprint density at radius 2 is 2.06 bits per heavy atom. The van der Waals surface area contributed by atoms with Gasteiger partial charge in [0.25, 0.3) is 0 Å². The van der Waals surface area contributed by atoms with E-state index in [-0.39, 0.29) is 5.97 Å². The Bertz CT molecular complexity index is 411. The Labute approximate surface area is 106 Å². The lowest BCUT2D eigenvalue weighted by molar-refractivity contribution is -0.141. The summed E-state index contributed by atoms with van der Waals surface area (Å²) in [5.74, 6) is 1.37. The quantitative estimate of drug-likeness (QED) is 0.720. The zero-order chi connectivity index (χ0) is 13.5. The van der Waals surface area contributed by atoms with Crippen LogP contribution < -0.4 is 10.6 Å². The second kappa shape index (κ2) is 6.75. The highest BCUT2D eigenvalue weighted by Gasteiger charge is 2.14. The van der Waals surface area contributed by atoms with Crippen LogP contribution in [0.4, 0.5) is 11.6 Å². The highest BCUT2D eigenvalue weighted by atomic mass is 16.5. The van der Waals surface area contributed by atoms with Crippen LogP contribution >= 0.6 is 0 Å². The third-order valence-corrected chi connectivity index (χ3v) is 2.22. The van der Waals surface area contributed by atoms with Crippen LogP contribution in [0.5, 0.6) is 0 Å². The smallest absolute Gasteiger partial charge is 0.328 e. The summed E-state index contributed by atoms with van der Waals surface area (Å²) in [4.78, 5) is 19.8. The van der Waals surface area contributed by atoms with Crippen molar-refractivity contribution >= 4 is 17.6 Å². The third-order valence-electron chi connectivity index (χ3n) is 2.22. The van der Waals surface area contributed by atoms with Crippen LogP contribution in [0.3, 0.4) is 0 Å². The number of aromatic nitrogens is 2. The van der Waals surface area contributed by atoms with Gasteiger partial charge in [0.05, 0.1) is 7.11 Å². The molecule has 1 atom stereocenters. The summed E-state index contributed by atoms with van der Waals surface area (Å²) in [6.45, 7) is 2.00. The molecule has 0 amide bonds. The molecule has 7 nitrogen and oxygen atoms in total. The van der Waals surface area contributed by atoms with Crippen LogP contribution in [0.2, 0.25) is 0 Å². The topological polar surface area (TPSA) is 85.4 Å². The minimum atomic E-state index is -0.481. The number of methoxy groups -OCH3 is 2. The maximum absolute atomic E-state index is 11.3. The number of anilines is 2. The molecule has 18 heavy (non-hydrogen) atoms. The average Bonchev–Trinajstić information content (AvgIpc) is 2.37. The van der Waals surface area contributed by atoms with Gasteiger partial charge in [-0.1, -0.05) is 0 Å².